The summed E-state index contributed by atoms with van der Waals surface area (Å²) in [6.45, 7) is 4.02. The van der Waals surface area contributed by atoms with E-state index in [1.165, 1.54) is 18.2 Å². The fourth-order valence-corrected chi connectivity index (χ4v) is 3.31. The van der Waals surface area contributed by atoms with E-state index in [0.717, 1.165) is 23.0 Å². The van der Waals surface area contributed by atoms with Gasteiger partial charge in [-0.25, -0.2) is 4.79 Å². The molecule has 0 bridgehead atoms. The van der Waals surface area contributed by atoms with Gasteiger partial charge in [-0.15, -0.1) is 0 Å². The summed E-state index contributed by atoms with van der Waals surface area (Å²) < 4.78 is 7.09. The number of carbonyl (C=O) groups excluding carboxylic acids is 2. The van der Waals surface area contributed by atoms with Crippen molar-refractivity contribution in [1.82, 2.24) is 4.57 Å². The lowest BCUT2D eigenvalue weighted by Crippen LogP contribution is -2.14. The molecule has 31 heavy (non-hydrogen) atoms. The molecule has 3 rings (SSSR count). The standard InChI is InChI=1S/C24H22N2O5/c1-17-14-21(18(2)25(17)15-19-8-4-3-5-9-19)23(27)16-31-24(28)13-12-20-10-6-7-11-22(20)26(29)30/h3-14H,15-16H2,1-2H3/b13-12+. The molecule has 0 radical (unpaired) electrons. The van der Waals surface area contributed by atoms with E-state index in [0.29, 0.717) is 12.1 Å². The fourth-order valence-electron chi connectivity index (χ4n) is 3.31. The molecule has 0 saturated heterocycles. The quantitative estimate of drug-likeness (QED) is 0.177. The van der Waals surface area contributed by atoms with Crippen LogP contribution in [0.4, 0.5) is 5.69 Å². The molecule has 2 aromatic carbocycles. The summed E-state index contributed by atoms with van der Waals surface area (Å²) in [5.74, 6) is -1.05. The number of nitrogens with zero attached hydrogens (tertiary/aromatic N) is 2. The number of nitro benzene ring substituents is 1. The normalized spacial score (nSPS) is 10.9. The minimum atomic E-state index is -0.746. The highest BCUT2D eigenvalue weighted by Gasteiger charge is 2.17. The van der Waals surface area contributed by atoms with E-state index in [-0.39, 0.29) is 17.0 Å². The third-order valence-electron chi connectivity index (χ3n) is 4.94. The van der Waals surface area contributed by atoms with Gasteiger partial charge in [-0.3, -0.25) is 14.9 Å². The molecule has 0 aliphatic heterocycles. The first-order valence-electron chi connectivity index (χ1n) is 9.69. The number of ether oxygens (including phenoxy) is 1. The van der Waals surface area contributed by atoms with Crippen LogP contribution in [0.2, 0.25) is 0 Å². The van der Waals surface area contributed by atoms with Crippen molar-refractivity contribution in [3.8, 4) is 0 Å². The van der Waals surface area contributed by atoms with E-state index < -0.39 is 17.5 Å². The molecule has 158 valence electrons. The van der Waals surface area contributed by atoms with Crippen molar-refractivity contribution in [3.63, 3.8) is 0 Å². The summed E-state index contributed by atoms with van der Waals surface area (Å²) in [6, 6.07) is 17.8. The summed E-state index contributed by atoms with van der Waals surface area (Å²) in [5.41, 5.74) is 3.53. The molecule has 0 fully saturated rings. The molecule has 0 atom stereocenters. The summed E-state index contributed by atoms with van der Waals surface area (Å²) in [4.78, 5) is 35.1. The molecule has 1 heterocycles. The van der Waals surface area contributed by atoms with Crippen LogP contribution in [0.1, 0.15) is 32.9 Å². The van der Waals surface area contributed by atoms with Crippen LogP contribution < -0.4 is 0 Å². The molecule has 7 heteroatoms. The first kappa shape index (κ1) is 21.7. The third-order valence-corrected chi connectivity index (χ3v) is 4.94. The first-order chi connectivity index (χ1) is 14.9. The van der Waals surface area contributed by atoms with E-state index >= 15 is 0 Å². The van der Waals surface area contributed by atoms with Crippen LogP contribution in [-0.4, -0.2) is 27.8 Å². The number of carbonyl (C=O) groups is 2. The Morgan fingerprint density at radius 3 is 2.45 bits per heavy atom. The van der Waals surface area contributed by atoms with Crippen LogP contribution in [0.25, 0.3) is 6.08 Å². The van der Waals surface area contributed by atoms with Gasteiger partial charge in [-0.05, 0) is 37.6 Å². The zero-order valence-electron chi connectivity index (χ0n) is 17.3. The van der Waals surface area contributed by atoms with Crippen LogP contribution in [-0.2, 0) is 16.1 Å². The highest BCUT2D eigenvalue weighted by molar-refractivity contribution is 6.00. The van der Waals surface area contributed by atoms with Crippen LogP contribution >= 0.6 is 0 Å². The van der Waals surface area contributed by atoms with Gasteiger partial charge in [0.05, 0.1) is 10.5 Å². The SMILES string of the molecule is Cc1cc(C(=O)COC(=O)/C=C/c2ccccc2[N+](=O)[O-])c(C)n1Cc1ccccc1. The molecule has 7 nitrogen and oxygen atoms in total. The Morgan fingerprint density at radius 2 is 1.74 bits per heavy atom. The molecular weight excluding hydrogens is 396 g/mol. The second kappa shape index (κ2) is 9.67. The molecule has 0 saturated carbocycles. The van der Waals surface area contributed by atoms with E-state index in [1.807, 2.05) is 48.7 Å². The number of para-hydroxylation sites is 1. The Hall–Kier alpha value is -4.00. The number of aryl methyl sites for hydroxylation is 1. The number of rotatable bonds is 8. The first-order valence-corrected chi connectivity index (χ1v) is 9.69. The predicted octanol–water partition coefficient (Wildman–Crippen LogP) is 4.50. The number of hydrogen-bond acceptors (Lipinski definition) is 5. The number of benzene rings is 2. The van der Waals surface area contributed by atoms with Crippen LogP contribution in [0.3, 0.4) is 0 Å². The molecule has 1 aromatic heterocycles. The summed E-state index contributed by atoms with van der Waals surface area (Å²) in [6.07, 6.45) is 2.38. The van der Waals surface area contributed by atoms with Crippen molar-refractivity contribution in [3.05, 3.63) is 105 Å². The topological polar surface area (TPSA) is 91.4 Å². The second-order valence-corrected chi connectivity index (χ2v) is 7.04. The van der Waals surface area contributed by atoms with Gasteiger partial charge in [0.15, 0.2) is 6.61 Å². The van der Waals surface area contributed by atoms with Crippen molar-refractivity contribution in [1.29, 1.82) is 0 Å². The minimum absolute atomic E-state index is 0.117. The van der Waals surface area contributed by atoms with Crippen molar-refractivity contribution in [2.24, 2.45) is 0 Å². The van der Waals surface area contributed by atoms with Gasteiger partial charge in [-0.1, -0.05) is 42.5 Å². The van der Waals surface area contributed by atoms with Gasteiger partial charge in [-0.2, -0.15) is 0 Å². The molecule has 0 aliphatic carbocycles. The number of nitro groups is 1. The predicted molar refractivity (Wildman–Crippen MR) is 117 cm³/mol. The highest BCUT2D eigenvalue weighted by atomic mass is 16.6. The summed E-state index contributed by atoms with van der Waals surface area (Å²) >= 11 is 0. The number of aromatic nitrogens is 1. The van der Waals surface area contributed by atoms with Crippen molar-refractivity contribution >= 4 is 23.5 Å². The Labute approximate surface area is 179 Å². The zero-order valence-corrected chi connectivity index (χ0v) is 17.3. The van der Waals surface area contributed by atoms with Crippen molar-refractivity contribution in [2.75, 3.05) is 6.61 Å². The molecule has 0 N–H and O–H groups in total. The number of esters is 1. The summed E-state index contributed by atoms with van der Waals surface area (Å²) in [7, 11) is 0. The van der Waals surface area contributed by atoms with E-state index in [4.69, 9.17) is 4.74 Å². The molecule has 0 aliphatic rings. The van der Waals surface area contributed by atoms with Crippen LogP contribution in [0.5, 0.6) is 0 Å². The number of hydrogen-bond donors (Lipinski definition) is 0. The van der Waals surface area contributed by atoms with Gasteiger partial charge >= 0.3 is 5.97 Å². The van der Waals surface area contributed by atoms with Gasteiger partial charge < -0.3 is 9.30 Å². The number of ketones is 1. The Bertz CT molecular complexity index is 1150. The molecular formula is C24H22N2O5. The van der Waals surface area contributed by atoms with Crippen LogP contribution in [0.15, 0.2) is 66.7 Å². The smallest absolute Gasteiger partial charge is 0.331 e. The average Bonchev–Trinajstić information content (AvgIpc) is 3.05. The van der Waals surface area contributed by atoms with E-state index in [1.54, 1.807) is 18.2 Å². The lowest BCUT2D eigenvalue weighted by Gasteiger charge is -2.10. The molecule has 0 amide bonds. The monoisotopic (exact) mass is 418 g/mol. The van der Waals surface area contributed by atoms with Gasteiger partial charge in [0.25, 0.3) is 5.69 Å². The lowest BCUT2D eigenvalue weighted by atomic mass is 10.1. The van der Waals surface area contributed by atoms with E-state index in [9.17, 15) is 19.7 Å². The lowest BCUT2D eigenvalue weighted by molar-refractivity contribution is -0.385. The number of Topliss-reactive ketones (excluding diaryl/α,β-unsaturated/α-hetero) is 1. The zero-order chi connectivity index (χ0) is 22.4. The maximum Gasteiger partial charge on any atom is 0.331 e. The Morgan fingerprint density at radius 1 is 1.06 bits per heavy atom. The molecule has 0 unspecified atom stereocenters. The van der Waals surface area contributed by atoms with Crippen LogP contribution in [0, 0.1) is 24.0 Å². The molecule has 3 aromatic rings. The average molecular weight is 418 g/mol. The van der Waals surface area contributed by atoms with Gasteiger partial charge in [0.2, 0.25) is 5.78 Å². The van der Waals surface area contributed by atoms with Crippen molar-refractivity contribution in [2.45, 2.75) is 20.4 Å². The maximum absolute atomic E-state index is 12.6. The maximum atomic E-state index is 12.6. The Kier molecular flexibility index (Phi) is 6.77. The van der Waals surface area contributed by atoms with Crippen molar-refractivity contribution < 1.29 is 19.2 Å². The minimum Gasteiger partial charge on any atom is -0.454 e. The third kappa shape index (κ3) is 5.33. The molecule has 0 spiro atoms. The summed E-state index contributed by atoms with van der Waals surface area (Å²) in [5, 5.41) is 11.0. The van der Waals surface area contributed by atoms with Gasteiger partial charge in [0, 0.05) is 35.6 Å². The van der Waals surface area contributed by atoms with E-state index in [2.05, 4.69) is 0 Å². The van der Waals surface area contributed by atoms with Gasteiger partial charge in [0.1, 0.15) is 0 Å². The second-order valence-electron chi connectivity index (χ2n) is 7.04. The largest absolute Gasteiger partial charge is 0.454 e. The highest BCUT2D eigenvalue weighted by Crippen LogP contribution is 2.20. The Balaban J connectivity index is 1.64. The fraction of sp³-hybridized carbons (Fsp3) is 0.167.